The van der Waals surface area contributed by atoms with Crippen molar-refractivity contribution in [2.45, 2.75) is 45.7 Å². The van der Waals surface area contributed by atoms with E-state index in [2.05, 4.69) is 4.98 Å². The Morgan fingerprint density at radius 2 is 2.24 bits per heavy atom. The third-order valence-corrected chi connectivity index (χ3v) is 4.94. The van der Waals surface area contributed by atoms with Gasteiger partial charge in [0, 0.05) is 11.9 Å². The lowest BCUT2D eigenvalue weighted by atomic mass is 9.76. The predicted octanol–water partition coefficient (Wildman–Crippen LogP) is 1.88. The van der Waals surface area contributed by atoms with Crippen molar-refractivity contribution in [3.8, 4) is 0 Å². The van der Waals surface area contributed by atoms with Gasteiger partial charge in [-0.1, -0.05) is 13.8 Å². The van der Waals surface area contributed by atoms with E-state index in [1.165, 1.54) is 16.2 Å². The minimum atomic E-state index is -0.962. The summed E-state index contributed by atoms with van der Waals surface area (Å²) in [6.45, 7) is 6.03. The highest BCUT2D eigenvalue weighted by Crippen LogP contribution is 2.36. The van der Waals surface area contributed by atoms with Crippen molar-refractivity contribution in [3.63, 3.8) is 0 Å². The number of carboxylic acid groups (broad SMARTS) is 1. The molecule has 7 heteroatoms. The van der Waals surface area contributed by atoms with E-state index in [0.717, 1.165) is 12.8 Å². The average Bonchev–Trinajstić information content (AvgIpc) is 2.85. The summed E-state index contributed by atoms with van der Waals surface area (Å²) < 4.78 is 0. The maximum absolute atomic E-state index is 12.6. The zero-order valence-corrected chi connectivity index (χ0v) is 13.3. The summed E-state index contributed by atoms with van der Waals surface area (Å²) >= 11 is 1.33. The molecular weight excluding hydrogens is 290 g/mol. The molecule has 2 unspecified atom stereocenters. The van der Waals surface area contributed by atoms with Gasteiger partial charge in [0.15, 0.2) is 0 Å². The standard InChI is InChI=1S/C14H21N3O3S/c1-8(15)11-16-9(7-21-11)12(18)17-6-4-5-14(2,3)10(17)13(19)20/h7-8,10H,4-6,15H2,1-3H3,(H,19,20). The second-order valence-corrected chi connectivity index (χ2v) is 7.08. The molecule has 0 saturated carbocycles. The van der Waals surface area contributed by atoms with Gasteiger partial charge >= 0.3 is 5.97 Å². The van der Waals surface area contributed by atoms with Crippen molar-refractivity contribution < 1.29 is 14.7 Å². The van der Waals surface area contributed by atoms with E-state index >= 15 is 0 Å². The number of hydrogen-bond acceptors (Lipinski definition) is 5. The van der Waals surface area contributed by atoms with E-state index in [0.29, 0.717) is 11.6 Å². The zero-order chi connectivity index (χ0) is 15.8. The molecule has 1 saturated heterocycles. The fraction of sp³-hybridized carbons (Fsp3) is 0.643. The molecule has 1 fully saturated rings. The first-order valence-electron chi connectivity index (χ1n) is 6.99. The molecule has 116 valence electrons. The van der Waals surface area contributed by atoms with Crippen LogP contribution < -0.4 is 5.73 Å². The average molecular weight is 311 g/mol. The van der Waals surface area contributed by atoms with Crippen LogP contribution in [0.25, 0.3) is 0 Å². The van der Waals surface area contributed by atoms with Gasteiger partial charge in [-0.15, -0.1) is 11.3 Å². The highest BCUT2D eigenvalue weighted by atomic mass is 32.1. The van der Waals surface area contributed by atoms with Crippen molar-refractivity contribution in [1.29, 1.82) is 0 Å². The van der Waals surface area contributed by atoms with E-state index < -0.39 is 17.4 Å². The predicted molar refractivity (Wildman–Crippen MR) is 80.2 cm³/mol. The Hall–Kier alpha value is -1.47. The number of carboxylic acids is 1. The van der Waals surface area contributed by atoms with Gasteiger partial charge in [-0.2, -0.15) is 0 Å². The number of carbonyl (C=O) groups excluding carboxylic acids is 1. The van der Waals surface area contributed by atoms with Gasteiger partial charge in [0.2, 0.25) is 0 Å². The molecule has 0 spiro atoms. The molecule has 1 aromatic heterocycles. The number of nitrogens with zero attached hydrogens (tertiary/aromatic N) is 2. The lowest BCUT2D eigenvalue weighted by Crippen LogP contribution is -2.56. The van der Waals surface area contributed by atoms with Crippen LogP contribution in [0.4, 0.5) is 0 Å². The lowest BCUT2D eigenvalue weighted by Gasteiger charge is -2.43. The topological polar surface area (TPSA) is 96.5 Å². The molecule has 1 aliphatic rings. The number of aliphatic carboxylic acids is 1. The third-order valence-electron chi connectivity index (χ3n) is 3.90. The smallest absolute Gasteiger partial charge is 0.326 e. The quantitative estimate of drug-likeness (QED) is 0.888. The van der Waals surface area contributed by atoms with Crippen LogP contribution >= 0.6 is 11.3 Å². The second-order valence-electron chi connectivity index (χ2n) is 6.19. The molecule has 2 atom stereocenters. The maximum atomic E-state index is 12.6. The van der Waals surface area contributed by atoms with E-state index in [1.807, 2.05) is 13.8 Å². The normalized spacial score (nSPS) is 22.9. The summed E-state index contributed by atoms with van der Waals surface area (Å²) in [5.74, 6) is -1.28. The van der Waals surface area contributed by atoms with Crippen LogP contribution in [0.1, 0.15) is 55.2 Å². The van der Waals surface area contributed by atoms with Crippen molar-refractivity contribution in [1.82, 2.24) is 9.88 Å². The minimum Gasteiger partial charge on any atom is -0.480 e. The molecule has 0 aromatic carbocycles. The number of nitrogens with two attached hydrogens (primary N) is 1. The van der Waals surface area contributed by atoms with E-state index in [1.54, 1.807) is 12.3 Å². The number of rotatable bonds is 3. The first-order valence-corrected chi connectivity index (χ1v) is 7.87. The van der Waals surface area contributed by atoms with E-state index in [9.17, 15) is 14.7 Å². The Labute approximate surface area is 128 Å². The van der Waals surface area contributed by atoms with E-state index in [-0.39, 0.29) is 17.6 Å². The SMILES string of the molecule is CC(N)c1nc(C(=O)N2CCCC(C)(C)C2C(=O)O)cs1. The highest BCUT2D eigenvalue weighted by Gasteiger charge is 2.45. The molecule has 1 amide bonds. The van der Waals surface area contributed by atoms with Gasteiger partial charge in [0.05, 0.1) is 6.04 Å². The summed E-state index contributed by atoms with van der Waals surface area (Å²) in [5.41, 5.74) is 5.60. The summed E-state index contributed by atoms with van der Waals surface area (Å²) in [6.07, 6.45) is 1.59. The largest absolute Gasteiger partial charge is 0.480 e. The van der Waals surface area contributed by atoms with Crippen LogP contribution in [0.5, 0.6) is 0 Å². The summed E-state index contributed by atoms with van der Waals surface area (Å²) in [5, 5.41) is 11.8. The molecule has 2 heterocycles. The van der Waals surface area contributed by atoms with Gasteiger partial charge in [-0.25, -0.2) is 9.78 Å². The third kappa shape index (κ3) is 3.08. The number of hydrogen-bond donors (Lipinski definition) is 2. The molecule has 0 radical (unpaired) electrons. The molecule has 21 heavy (non-hydrogen) atoms. The maximum Gasteiger partial charge on any atom is 0.326 e. The van der Waals surface area contributed by atoms with Crippen LogP contribution in [-0.4, -0.2) is 39.5 Å². The summed E-state index contributed by atoms with van der Waals surface area (Å²) in [6, 6.07) is -1.05. The number of aromatic nitrogens is 1. The Bertz CT molecular complexity index is 553. The fourth-order valence-electron chi connectivity index (χ4n) is 2.82. The second kappa shape index (κ2) is 5.73. The summed E-state index contributed by atoms with van der Waals surface area (Å²) in [4.78, 5) is 29.9. The van der Waals surface area contributed by atoms with Gasteiger partial charge < -0.3 is 15.7 Å². The van der Waals surface area contributed by atoms with Gasteiger partial charge in [0.1, 0.15) is 16.7 Å². The Kier molecular flexibility index (Phi) is 4.34. The number of amides is 1. The Morgan fingerprint density at radius 3 is 2.76 bits per heavy atom. The van der Waals surface area contributed by atoms with Crippen molar-refractivity contribution >= 4 is 23.2 Å². The number of piperidine rings is 1. The Morgan fingerprint density at radius 1 is 1.57 bits per heavy atom. The molecule has 3 N–H and O–H groups in total. The highest BCUT2D eigenvalue weighted by molar-refractivity contribution is 7.09. The Balaban J connectivity index is 2.29. The van der Waals surface area contributed by atoms with Crippen LogP contribution in [0.15, 0.2) is 5.38 Å². The minimum absolute atomic E-state index is 0.232. The van der Waals surface area contributed by atoms with Crippen molar-refractivity contribution in [2.24, 2.45) is 11.1 Å². The monoisotopic (exact) mass is 311 g/mol. The van der Waals surface area contributed by atoms with Crippen LogP contribution in [0.3, 0.4) is 0 Å². The fourth-order valence-corrected chi connectivity index (χ4v) is 3.57. The van der Waals surface area contributed by atoms with Crippen LogP contribution in [0.2, 0.25) is 0 Å². The van der Waals surface area contributed by atoms with E-state index in [4.69, 9.17) is 5.73 Å². The number of thiazole rings is 1. The number of carbonyl (C=O) groups is 2. The van der Waals surface area contributed by atoms with Gasteiger partial charge in [-0.3, -0.25) is 4.79 Å². The molecule has 6 nitrogen and oxygen atoms in total. The number of likely N-dealkylation sites (tertiary alicyclic amines) is 1. The molecule has 1 aromatic rings. The molecule has 0 aliphatic carbocycles. The van der Waals surface area contributed by atoms with Gasteiger partial charge in [-0.05, 0) is 25.2 Å². The molecule has 0 bridgehead atoms. The van der Waals surface area contributed by atoms with Crippen LogP contribution in [0, 0.1) is 5.41 Å². The summed E-state index contributed by atoms with van der Waals surface area (Å²) in [7, 11) is 0. The molecular formula is C14H21N3O3S. The first kappa shape index (κ1) is 15.9. The van der Waals surface area contributed by atoms with Gasteiger partial charge in [0.25, 0.3) is 5.91 Å². The zero-order valence-electron chi connectivity index (χ0n) is 12.5. The molecule has 2 rings (SSSR count). The molecule has 1 aliphatic heterocycles. The first-order chi connectivity index (χ1) is 9.74. The lowest BCUT2D eigenvalue weighted by molar-refractivity contribution is -0.148. The van der Waals surface area contributed by atoms with Crippen LogP contribution in [-0.2, 0) is 4.79 Å². The van der Waals surface area contributed by atoms with Crippen molar-refractivity contribution in [3.05, 3.63) is 16.1 Å². The van der Waals surface area contributed by atoms with Crippen molar-refractivity contribution in [2.75, 3.05) is 6.54 Å².